The summed E-state index contributed by atoms with van der Waals surface area (Å²) in [5.41, 5.74) is 5.45. The first-order valence-corrected chi connectivity index (χ1v) is 7.69. The largest absolute Gasteiger partial charge is 0.496 e. The fourth-order valence-electron chi connectivity index (χ4n) is 2.31. The number of hydrazine groups is 1. The van der Waals surface area contributed by atoms with Crippen LogP contribution in [0.25, 0.3) is 0 Å². The molecule has 0 spiro atoms. The summed E-state index contributed by atoms with van der Waals surface area (Å²) >= 11 is 1.65. The van der Waals surface area contributed by atoms with Gasteiger partial charge in [-0.15, -0.1) is 11.3 Å². The van der Waals surface area contributed by atoms with Gasteiger partial charge in [-0.2, -0.15) is 0 Å². The number of thiophene rings is 1. The number of ether oxygens (including phenoxy) is 1. The molecule has 0 radical (unpaired) electrons. The van der Waals surface area contributed by atoms with Crippen molar-refractivity contribution in [3.05, 3.63) is 51.7 Å². The molecule has 3 N–H and O–H groups in total. The third kappa shape index (κ3) is 3.60. The van der Waals surface area contributed by atoms with Gasteiger partial charge in [-0.3, -0.25) is 5.84 Å². The Morgan fingerprint density at radius 3 is 2.70 bits per heavy atom. The standard InChI is InChI=1S/C16H22N2OS/c1-11(2)7-12-5-4-6-13(8-12)16(18-17)15-9-14(19-3)10-20-15/h4-6,8-11,16,18H,7,17H2,1-3H3. The Labute approximate surface area is 124 Å². The number of hydrogen-bond acceptors (Lipinski definition) is 4. The lowest BCUT2D eigenvalue weighted by Gasteiger charge is -2.16. The van der Waals surface area contributed by atoms with E-state index in [2.05, 4.69) is 43.5 Å². The molecule has 4 heteroatoms. The van der Waals surface area contributed by atoms with Crippen molar-refractivity contribution in [2.75, 3.05) is 7.11 Å². The first-order chi connectivity index (χ1) is 9.63. The Kier molecular flexibility index (Phi) is 5.17. The van der Waals surface area contributed by atoms with Crippen LogP contribution >= 0.6 is 11.3 Å². The van der Waals surface area contributed by atoms with Gasteiger partial charge in [0.05, 0.1) is 13.2 Å². The summed E-state index contributed by atoms with van der Waals surface area (Å²) in [4.78, 5) is 1.16. The third-order valence-corrected chi connectivity index (χ3v) is 4.19. The molecule has 108 valence electrons. The average molecular weight is 290 g/mol. The second-order valence-electron chi connectivity index (χ2n) is 5.33. The summed E-state index contributed by atoms with van der Waals surface area (Å²) in [7, 11) is 1.68. The normalized spacial score (nSPS) is 12.7. The topological polar surface area (TPSA) is 47.3 Å². The van der Waals surface area contributed by atoms with E-state index < -0.39 is 0 Å². The Balaban J connectivity index is 2.26. The molecule has 0 fully saturated rings. The maximum atomic E-state index is 5.75. The molecule has 0 bridgehead atoms. The van der Waals surface area contributed by atoms with E-state index >= 15 is 0 Å². The Morgan fingerprint density at radius 2 is 2.10 bits per heavy atom. The molecule has 1 aromatic heterocycles. The number of benzene rings is 1. The van der Waals surface area contributed by atoms with Gasteiger partial charge >= 0.3 is 0 Å². The van der Waals surface area contributed by atoms with Crippen molar-refractivity contribution >= 4 is 11.3 Å². The van der Waals surface area contributed by atoms with Gasteiger partial charge in [-0.1, -0.05) is 38.1 Å². The zero-order valence-corrected chi connectivity index (χ0v) is 13.0. The monoisotopic (exact) mass is 290 g/mol. The van der Waals surface area contributed by atoms with E-state index in [0.717, 1.165) is 17.0 Å². The van der Waals surface area contributed by atoms with Crippen molar-refractivity contribution in [2.45, 2.75) is 26.3 Å². The zero-order valence-electron chi connectivity index (χ0n) is 12.2. The summed E-state index contributed by atoms with van der Waals surface area (Å²) in [6.45, 7) is 4.46. The second kappa shape index (κ2) is 6.88. The SMILES string of the molecule is COc1csc(C(NN)c2cccc(CC(C)C)c2)c1. The van der Waals surface area contributed by atoms with Crippen LogP contribution in [0.3, 0.4) is 0 Å². The summed E-state index contributed by atoms with van der Waals surface area (Å²) in [6.07, 6.45) is 1.08. The van der Waals surface area contributed by atoms with Crippen molar-refractivity contribution < 1.29 is 4.74 Å². The predicted molar refractivity (Wildman–Crippen MR) is 85.0 cm³/mol. The fraction of sp³-hybridized carbons (Fsp3) is 0.375. The van der Waals surface area contributed by atoms with E-state index in [1.54, 1.807) is 18.4 Å². The van der Waals surface area contributed by atoms with Crippen LogP contribution in [0.5, 0.6) is 5.75 Å². The van der Waals surface area contributed by atoms with Crippen molar-refractivity contribution in [3.63, 3.8) is 0 Å². The fourth-order valence-corrected chi connectivity index (χ4v) is 3.25. The van der Waals surface area contributed by atoms with Gasteiger partial charge in [-0.05, 0) is 29.5 Å². The molecule has 20 heavy (non-hydrogen) atoms. The molecular formula is C16H22N2OS. The highest BCUT2D eigenvalue weighted by atomic mass is 32.1. The molecule has 2 rings (SSSR count). The molecule has 0 aliphatic rings. The van der Waals surface area contributed by atoms with Gasteiger partial charge in [0, 0.05) is 10.3 Å². The summed E-state index contributed by atoms with van der Waals surface area (Å²) < 4.78 is 5.24. The minimum Gasteiger partial charge on any atom is -0.496 e. The summed E-state index contributed by atoms with van der Waals surface area (Å²) in [6, 6.07) is 10.7. The van der Waals surface area contributed by atoms with Crippen LogP contribution in [-0.4, -0.2) is 7.11 Å². The number of hydrogen-bond donors (Lipinski definition) is 2. The molecule has 0 aliphatic carbocycles. The maximum Gasteiger partial charge on any atom is 0.129 e. The molecule has 0 amide bonds. The minimum absolute atomic E-state index is 0.0102. The minimum atomic E-state index is 0.0102. The van der Waals surface area contributed by atoms with Crippen molar-refractivity contribution in [1.29, 1.82) is 0 Å². The van der Waals surface area contributed by atoms with E-state index in [0.29, 0.717) is 5.92 Å². The van der Waals surface area contributed by atoms with Crippen LogP contribution in [0, 0.1) is 5.92 Å². The van der Waals surface area contributed by atoms with Crippen LogP contribution < -0.4 is 16.0 Å². The van der Waals surface area contributed by atoms with Crippen LogP contribution in [0.2, 0.25) is 0 Å². The lowest BCUT2D eigenvalue weighted by Crippen LogP contribution is -2.28. The number of methoxy groups -OCH3 is 1. The van der Waals surface area contributed by atoms with E-state index in [4.69, 9.17) is 10.6 Å². The number of nitrogens with two attached hydrogens (primary N) is 1. The first kappa shape index (κ1) is 15.0. The quantitative estimate of drug-likeness (QED) is 0.632. The van der Waals surface area contributed by atoms with Gasteiger partial charge in [0.15, 0.2) is 0 Å². The highest BCUT2D eigenvalue weighted by molar-refractivity contribution is 7.10. The third-order valence-electron chi connectivity index (χ3n) is 3.21. The number of rotatable bonds is 6. The molecule has 0 aliphatic heterocycles. The Bertz CT molecular complexity index is 551. The van der Waals surface area contributed by atoms with E-state index in [-0.39, 0.29) is 6.04 Å². The second-order valence-corrected chi connectivity index (χ2v) is 6.27. The van der Waals surface area contributed by atoms with E-state index in [1.165, 1.54) is 11.1 Å². The molecule has 1 unspecified atom stereocenters. The van der Waals surface area contributed by atoms with Crippen LogP contribution in [-0.2, 0) is 6.42 Å². The molecule has 1 aromatic carbocycles. The first-order valence-electron chi connectivity index (χ1n) is 6.81. The van der Waals surface area contributed by atoms with Crippen LogP contribution in [0.4, 0.5) is 0 Å². The van der Waals surface area contributed by atoms with Gasteiger partial charge in [0.2, 0.25) is 0 Å². The lowest BCUT2D eigenvalue weighted by atomic mass is 9.98. The summed E-state index contributed by atoms with van der Waals surface area (Å²) in [5.74, 6) is 7.28. The highest BCUT2D eigenvalue weighted by Gasteiger charge is 2.15. The van der Waals surface area contributed by atoms with E-state index in [1.807, 2.05) is 11.4 Å². The average Bonchev–Trinajstić information content (AvgIpc) is 2.88. The van der Waals surface area contributed by atoms with Crippen LogP contribution in [0.1, 0.15) is 35.9 Å². The van der Waals surface area contributed by atoms with E-state index in [9.17, 15) is 0 Å². The molecule has 0 saturated heterocycles. The van der Waals surface area contributed by atoms with Gasteiger partial charge in [-0.25, -0.2) is 5.43 Å². The highest BCUT2D eigenvalue weighted by Crippen LogP contribution is 2.31. The molecule has 1 atom stereocenters. The summed E-state index contributed by atoms with van der Waals surface area (Å²) in [5, 5.41) is 2.00. The Hall–Kier alpha value is -1.36. The molecular weight excluding hydrogens is 268 g/mol. The zero-order chi connectivity index (χ0) is 14.5. The maximum absolute atomic E-state index is 5.75. The van der Waals surface area contributed by atoms with Crippen molar-refractivity contribution in [3.8, 4) is 5.75 Å². The van der Waals surface area contributed by atoms with Gasteiger partial charge in [0.1, 0.15) is 5.75 Å². The predicted octanol–water partition coefficient (Wildman–Crippen LogP) is 3.51. The molecule has 2 aromatic rings. The van der Waals surface area contributed by atoms with Gasteiger partial charge < -0.3 is 4.74 Å². The Morgan fingerprint density at radius 1 is 1.30 bits per heavy atom. The van der Waals surface area contributed by atoms with Crippen molar-refractivity contribution in [2.24, 2.45) is 11.8 Å². The molecule has 1 heterocycles. The molecule has 0 saturated carbocycles. The van der Waals surface area contributed by atoms with Gasteiger partial charge in [0.25, 0.3) is 0 Å². The number of nitrogens with one attached hydrogen (secondary N) is 1. The lowest BCUT2D eigenvalue weighted by molar-refractivity contribution is 0.416. The molecule has 3 nitrogen and oxygen atoms in total. The van der Waals surface area contributed by atoms with Crippen LogP contribution in [0.15, 0.2) is 35.7 Å². The smallest absolute Gasteiger partial charge is 0.129 e. The van der Waals surface area contributed by atoms with Crippen molar-refractivity contribution in [1.82, 2.24) is 5.43 Å².